The summed E-state index contributed by atoms with van der Waals surface area (Å²) in [5, 5.41) is 18.5. The number of aromatic nitrogens is 6. The van der Waals surface area contributed by atoms with Gasteiger partial charge in [0.1, 0.15) is 17.0 Å². The van der Waals surface area contributed by atoms with Crippen molar-refractivity contribution in [3.05, 3.63) is 17.3 Å². The number of esters is 1. The molecule has 0 aliphatic rings. The molecule has 0 aliphatic carbocycles. The van der Waals surface area contributed by atoms with Crippen molar-refractivity contribution in [2.45, 2.75) is 6.92 Å². The Morgan fingerprint density at radius 2 is 2.40 bits per heavy atom. The number of anilines is 2. The number of nitrogens with one attached hydrogen (secondary N) is 2. The van der Waals surface area contributed by atoms with Gasteiger partial charge >= 0.3 is 5.97 Å². The molecule has 0 fully saturated rings. The van der Waals surface area contributed by atoms with E-state index in [2.05, 4.69) is 35.9 Å². The Morgan fingerprint density at radius 3 is 3.15 bits per heavy atom. The summed E-state index contributed by atoms with van der Waals surface area (Å²) in [4.78, 5) is 20.8. The lowest BCUT2D eigenvalue weighted by atomic mass is 10.2. The van der Waals surface area contributed by atoms with Gasteiger partial charge < -0.3 is 10.1 Å². The zero-order valence-corrected chi connectivity index (χ0v) is 11.1. The van der Waals surface area contributed by atoms with Gasteiger partial charge in [-0.15, -0.1) is 16.4 Å². The quantitative estimate of drug-likeness (QED) is 0.686. The number of nitrogens with zero attached hydrogens (tertiary/aromatic N) is 5. The first kappa shape index (κ1) is 12.4. The summed E-state index contributed by atoms with van der Waals surface area (Å²) in [6.45, 7) is 2.05. The first-order chi connectivity index (χ1) is 9.79. The Labute approximate surface area is 116 Å². The van der Waals surface area contributed by atoms with Crippen molar-refractivity contribution in [2.24, 2.45) is 0 Å². The molecule has 10 heteroatoms. The molecule has 20 heavy (non-hydrogen) atoms. The molecule has 0 unspecified atom stereocenters. The Kier molecular flexibility index (Phi) is 3.21. The van der Waals surface area contributed by atoms with Gasteiger partial charge in [0, 0.05) is 5.38 Å². The summed E-state index contributed by atoms with van der Waals surface area (Å²) in [6, 6.07) is 0. The van der Waals surface area contributed by atoms with E-state index in [1.54, 1.807) is 12.3 Å². The van der Waals surface area contributed by atoms with Crippen LogP contribution >= 0.6 is 11.3 Å². The Morgan fingerprint density at radius 1 is 1.50 bits per heavy atom. The molecule has 0 spiro atoms. The van der Waals surface area contributed by atoms with Crippen LogP contribution in [0.15, 0.2) is 11.7 Å². The van der Waals surface area contributed by atoms with Crippen LogP contribution in [0.1, 0.15) is 17.3 Å². The van der Waals surface area contributed by atoms with E-state index in [0.29, 0.717) is 28.2 Å². The number of thiophene rings is 1. The number of tetrazole rings is 1. The number of carbonyl (C=O) groups is 1. The van der Waals surface area contributed by atoms with Crippen molar-refractivity contribution >= 4 is 39.3 Å². The summed E-state index contributed by atoms with van der Waals surface area (Å²) >= 11 is 1.34. The number of rotatable bonds is 4. The van der Waals surface area contributed by atoms with Crippen molar-refractivity contribution in [3.8, 4) is 0 Å². The number of hydrogen-bond donors (Lipinski definition) is 2. The predicted molar refractivity (Wildman–Crippen MR) is 70.8 cm³/mol. The second-order valence-corrected chi connectivity index (χ2v) is 4.49. The Bertz CT molecular complexity index is 739. The molecular formula is C10H9N7O2S. The van der Waals surface area contributed by atoms with Crippen LogP contribution in [0.5, 0.6) is 0 Å². The summed E-state index contributed by atoms with van der Waals surface area (Å²) in [6.07, 6.45) is 1.40. The van der Waals surface area contributed by atoms with Gasteiger partial charge in [-0.1, -0.05) is 5.10 Å². The van der Waals surface area contributed by atoms with Gasteiger partial charge in [-0.05, 0) is 12.1 Å². The normalized spacial score (nSPS) is 10.7. The zero-order valence-electron chi connectivity index (χ0n) is 10.3. The summed E-state index contributed by atoms with van der Waals surface area (Å²) in [5.41, 5.74) is 0.415. The lowest BCUT2D eigenvalue weighted by Gasteiger charge is -2.04. The van der Waals surface area contributed by atoms with E-state index >= 15 is 0 Å². The SMILES string of the molecule is CCOC(=O)c1csc2ncnc(Nc3nn[nH]n3)c12. The number of hydrogen-bond acceptors (Lipinski definition) is 9. The average Bonchev–Trinajstić information content (AvgIpc) is 3.08. The van der Waals surface area contributed by atoms with Crippen LogP contribution in [0, 0.1) is 0 Å². The molecule has 3 heterocycles. The minimum absolute atomic E-state index is 0.256. The third-order valence-electron chi connectivity index (χ3n) is 2.44. The molecule has 0 atom stereocenters. The number of carbonyl (C=O) groups excluding carboxylic acids is 1. The van der Waals surface area contributed by atoms with Crippen molar-refractivity contribution < 1.29 is 9.53 Å². The first-order valence-electron chi connectivity index (χ1n) is 5.69. The van der Waals surface area contributed by atoms with Crippen molar-refractivity contribution in [3.63, 3.8) is 0 Å². The number of H-pyrrole nitrogens is 1. The van der Waals surface area contributed by atoms with Crippen LogP contribution < -0.4 is 5.32 Å². The molecule has 3 aromatic rings. The molecule has 0 bridgehead atoms. The summed E-state index contributed by atoms with van der Waals surface area (Å²) < 4.78 is 5.02. The topological polar surface area (TPSA) is 119 Å². The van der Waals surface area contributed by atoms with Gasteiger partial charge in [-0.2, -0.15) is 5.21 Å². The van der Waals surface area contributed by atoms with Gasteiger partial charge in [0.05, 0.1) is 17.6 Å². The third-order valence-corrected chi connectivity index (χ3v) is 3.33. The number of fused-ring (bicyclic) bond motifs is 1. The van der Waals surface area contributed by atoms with Crippen LogP contribution in [0.3, 0.4) is 0 Å². The Balaban J connectivity index is 2.07. The maximum absolute atomic E-state index is 11.9. The molecule has 0 saturated carbocycles. The van der Waals surface area contributed by atoms with E-state index in [1.165, 1.54) is 17.7 Å². The second kappa shape index (κ2) is 5.17. The molecule has 0 radical (unpaired) electrons. The standard InChI is InChI=1S/C10H9N7O2S/c1-2-19-9(18)5-3-20-8-6(5)7(11-4-12-8)13-10-14-16-17-15-10/h3-4H,2H2,1H3,(H2,11,12,13,14,15,16,17). The number of aromatic amines is 1. The van der Waals surface area contributed by atoms with E-state index in [-0.39, 0.29) is 5.95 Å². The van der Waals surface area contributed by atoms with E-state index in [9.17, 15) is 4.79 Å². The minimum atomic E-state index is -0.412. The van der Waals surface area contributed by atoms with Crippen molar-refractivity contribution in [2.75, 3.05) is 11.9 Å². The van der Waals surface area contributed by atoms with E-state index in [4.69, 9.17) is 4.74 Å². The monoisotopic (exact) mass is 291 g/mol. The molecule has 0 saturated heterocycles. The van der Waals surface area contributed by atoms with Gasteiger partial charge in [-0.25, -0.2) is 14.8 Å². The third kappa shape index (κ3) is 2.16. The van der Waals surface area contributed by atoms with Gasteiger partial charge in [0.25, 0.3) is 5.95 Å². The average molecular weight is 291 g/mol. The summed E-state index contributed by atoms with van der Waals surface area (Å²) in [7, 11) is 0. The smallest absolute Gasteiger partial charge is 0.339 e. The van der Waals surface area contributed by atoms with Crippen molar-refractivity contribution in [1.29, 1.82) is 0 Å². The predicted octanol–water partition coefficient (Wildman–Crippen LogP) is 1.12. The number of ether oxygens (including phenoxy) is 1. The molecule has 102 valence electrons. The first-order valence-corrected chi connectivity index (χ1v) is 6.57. The largest absolute Gasteiger partial charge is 0.462 e. The fourth-order valence-corrected chi connectivity index (χ4v) is 2.53. The van der Waals surface area contributed by atoms with Gasteiger partial charge in [0.15, 0.2) is 0 Å². The van der Waals surface area contributed by atoms with Crippen molar-refractivity contribution in [1.82, 2.24) is 30.6 Å². The highest BCUT2D eigenvalue weighted by molar-refractivity contribution is 7.17. The molecule has 0 aliphatic heterocycles. The highest BCUT2D eigenvalue weighted by Crippen LogP contribution is 2.30. The van der Waals surface area contributed by atoms with E-state index in [0.717, 1.165) is 0 Å². The molecule has 2 N–H and O–H groups in total. The molecule has 0 amide bonds. The van der Waals surface area contributed by atoms with Gasteiger partial charge in [0.2, 0.25) is 0 Å². The van der Waals surface area contributed by atoms with Crippen LogP contribution in [-0.4, -0.2) is 43.2 Å². The highest BCUT2D eigenvalue weighted by Gasteiger charge is 2.18. The van der Waals surface area contributed by atoms with Crippen LogP contribution in [0.25, 0.3) is 10.2 Å². The van der Waals surface area contributed by atoms with E-state index < -0.39 is 5.97 Å². The van der Waals surface area contributed by atoms with Crippen LogP contribution in [-0.2, 0) is 4.74 Å². The fourth-order valence-electron chi connectivity index (χ4n) is 1.65. The Hall–Kier alpha value is -2.62. The van der Waals surface area contributed by atoms with Gasteiger partial charge in [-0.3, -0.25) is 0 Å². The van der Waals surface area contributed by atoms with Crippen LogP contribution in [0.2, 0.25) is 0 Å². The van der Waals surface area contributed by atoms with Crippen LogP contribution in [0.4, 0.5) is 11.8 Å². The molecule has 3 rings (SSSR count). The highest BCUT2D eigenvalue weighted by atomic mass is 32.1. The molecule has 0 aromatic carbocycles. The molecule has 3 aromatic heterocycles. The molecule has 9 nitrogen and oxygen atoms in total. The maximum Gasteiger partial charge on any atom is 0.339 e. The summed E-state index contributed by atoms with van der Waals surface area (Å²) in [5.74, 6) is 0.274. The van der Waals surface area contributed by atoms with E-state index in [1.807, 2.05) is 0 Å². The second-order valence-electron chi connectivity index (χ2n) is 3.63. The lowest BCUT2D eigenvalue weighted by Crippen LogP contribution is -2.05. The minimum Gasteiger partial charge on any atom is -0.462 e. The maximum atomic E-state index is 11.9. The fraction of sp³-hybridized carbons (Fsp3) is 0.200. The lowest BCUT2D eigenvalue weighted by molar-refractivity contribution is 0.0529. The molecular weight excluding hydrogens is 282 g/mol. The zero-order chi connectivity index (χ0) is 13.9.